The predicted octanol–water partition coefficient (Wildman–Crippen LogP) is 2.02. The van der Waals surface area contributed by atoms with Crippen LogP contribution in [0.5, 0.6) is 0 Å². The number of ether oxygens (including phenoxy) is 2. The Hall–Kier alpha value is -1.52. The van der Waals surface area contributed by atoms with Gasteiger partial charge < -0.3 is 14.8 Å². The first-order chi connectivity index (χ1) is 8.25. The average molecular weight is 255 g/mol. The van der Waals surface area contributed by atoms with Crippen LogP contribution in [0.4, 0.5) is 4.79 Å². The third-order valence-electron chi connectivity index (χ3n) is 2.66. The van der Waals surface area contributed by atoms with Gasteiger partial charge in [0.05, 0.1) is 6.61 Å². The maximum absolute atomic E-state index is 11.9. The minimum Gasteiger partial charge on any atom is -0.464 e. The highest BCUT2D eigenvalue weighted by Crippen LogP contribution is 2.45. The van der Waals surface area contributed by atoms with E-state index in [-0.39, 0.29) is 12.5 Å². The number of hydrogen-bond donors (Lipinski definition) is 1. The van der Waals surface area contributed by atoms with Crippen LogP contribution in [0.15, 0.2) is 12.7 Å². The van der Waals surface area contributed by atoms with E-state index in [0.717, 1.165) is 0 Å². The van der Waals surface area contributed by atoms with Gasteiger partial charge in [-0.1, -0.05) is 6.08 Å². The maximum Gasteiger partial charge on any atom is 0.408 e. The van der Waals surface area contributed by atoms with Gasteiger partial charge in [-0.15, -0.1) is 6.58 Å². The van der Waals surface area contributed by atoms with Gasteiger partial charge in [-0.2, -0.15) is 0 Å². The standard InChI is InChI=1S/C13H21NO4/c1-6-9-8-13(9,10(15)17-7-2)14-11(16)18-12(3,4)5/h6,9H,1,7-8H2,2-5H3,(H,14,16)/t9-,13?/m0/s1. The molecule has 0 radical (unpaired) electrons. The number of alkyl carbamates (subject to hydrolysis) is 1. The molecule has 1 N–H and O–H groups in total. The SMILES string of the molecule is C=C[C@H]1CC1(NC(=O)OC(C)(C)C)C(=O)OCC. The monoisotopic (exact) mass is 255 g/mol. The maximum atomic E-state index is 11.9. The first-order valence-electron chi connectivity index (χ1n) is 6.06. The van der Waals surface area contributed by atoms with Crippen molar-refractivity contribution in [1.29, 1.82) is 0 Å². The molecular formula is C13H21NO4. The van der Waals surface area contributed by atoms with E-state index in [0.29, 0.717) is 6.42 Å². The number of carbonyl (C=O) groups is 2. The molecule has 2 atom stereocenters. The summed E-state index contributed by atoms with van der Waals surface area (Å²) in [7, 11) is 0. The number of amides is 1. The predicted molar refractivity (Wildman–Crippen MR) is 67.0 cm³/mol. The van der Waals surface area contributed by atoms with Crippen LogP contribution in [0, 0.1) is 5.92 Å². The van der Waals surface area contributed by atoms with Crippen molar-refractivity contribution < 1.29 is 19.1 Å². The number of rotatable bonds is 4. The molecule has 1 fully saturated rings. The fraction of sp³-hybridized carbons (Fsp3) is 0.692. The third kappa shape index (κ3) is 3.24. The van der Waals surface area contributed by atoms with Crippen molar-refractivity contribution in [3.63, 3.8) is 0 Å². The first-order valence-corrected chi connectivity index (χ1v) is 6.06. The Morgan fingerprint density at radius 3 is 2.50 bits per heavy atom. The van der Waals surface area contributed by atoms with Gasteiger partial charge in [0.2, 0.25) is 0 Å². The molecule has 1 saturated carbocycles. The van der Waals surface area contributed by atoms with Crippen LogP contribution in [0.2, 0.25) is 0 Å². The molecular weight excluding hydrogens is 234 g/mol. The van der Waals surface area contributed by atoms with Crippen molar-refractivity contribution in [2.24, 2.45) is 5.92 Å². The Bertz CT molecular complexity index is 358. The molecule has 0 heterocycles. The molecule has 0 aromatic heterocycles. The zero-order valence-corrected chi connectivity index (χ0v) is 11.4. The second-order valence-corrected chi connectivity index (χ2v) is 5.37. The van der Waals surface area contributed by atoms with Gasteiger partial charge in [0.15, 0.2) is 0 Å². The van der Waals surface area contributed by atoms with E-state index in [9.17, 15) is 9.59 Å². The number of esters is 1. The Labute approximate surface area is 108 Å². The van der Waals surface area contributed by atoms with Crippen molar-refractivity contribution in [3.05, 3.63) is 12.7 Å². The lowest BCUT2D eigenvalue weighted by Crippen LogP contribution is -2.47. The lowest BCUT2D eigenvalue weighted by Gasteiger charge is -2.23. The molecule has 0 aliphatic heterocycles. The van der Waals surface area contributed by atoms with Crippen molar-refractivity contribution in [1.82, 2.24) is 5.32 Å². The number of hydrogen-bond acceptors (Lipinski definition) is 4. The molecule has 1 aliphatic carbocycles. The van der Waals surface area contributed by atoms with Gasteiger partial charge >= 0.3 is 12.1 Å². The van der Waals surface area contributed by atoms with E-state index < -0.39 is 23.2 Å². The van der Waals surface area contributed by atoms with Gasteiger partial charge in [0.25, 0.3) is 0 Å². The van der Waals surface area contributed by atoms with Crippen molar-refractivity contribution in [2.75, 3.05) is 6.61 Å². The summed E-state index contributed by atoms with van der Waals surface area (Å²) < 4.78 is 10.1. The Balaban J connectivity index is 2.68. The Kier molecular flexibility index (Phi) is 4.04. The average Bonchev–Trinajstić information content (AvgIpc) is 2.90. The van der Waals surface area contributed by atoms with Crippen LogP contribution in [0.1, 0.15) is 34.1 Å². The summed E-state index contributed by atoms with van der Waals surface area (Å²) in [5.74, 6) is -0.523. The number of carbonyl (C=O) groups excluding carboxylic acids is 2. The second kappa shape index (κ2) is 5.00. The molecule has 0 saturated heterocycles. The van der Waals surface area contributed by atoms with E-state index in [1.54, 1.807) is 33.8 Å². The fourth-order valence-electron chi connectivity index (χ4n) is 1.75. The first kappa shape index (κ1) is 14.5. The molecule has 0 aromatic rings. The fourth-order valence-corrected chi connectivity index (χ4v) is 1.75. The normalized spacial score (nSPS) is 26.1. The molecule has 1 aliphatic rings. The summed E-state index contributed by atoms with van der Waals surface area (Å²) in [6, 6.07) is 0. The Morgan fingerprint density at radius 1 is 1.50 bits per heavy atom. The highest BCUT2D eigenvalue weighted by atomic mass is 16.6. The van der Waals surface area contributed by atoms with E-state index in [4.69, 9.17) is 9.47 Å². The zero-order chi connectivity index (χ0) is 14.0. The van der Waals surface area contributed by atoms with E-state index in [1.165, 1.54) is 0 Å². The quantitative estimate of drug-likeness (QED) is 0.616. The largest absolute Gasteiger partial charge is 0.464 e. The van der Waals surface area contributed by atoms with Crippen molar-refractivity contribution >= 4 is 12.1 Å². The summed E-state index contributed by atoms with van der Waals surface area (Å²) in [5.41, 5.74) is -1.58. The number of nitrogens with one attached hydrogen (secondary N) is 1. The molecule has 5 nitrogen and oxygen atoms in total. The Morgan fingerprint density at radius 2 is 2.11 bits per heavy atom. The van der Waals surface area contributed by atoms with Gasteiger partial charge in [-0.25, -0.2) is 9.59 Å². The zero-order valence-electron chi connectivity index (χ0n) is 11.4. The molecule has 18 heavy (non-hydrogen) atoms. The molecule has 0 aromatic carbocycles. The summed E-state index contributed by atoms with van der Waals surface area (Å²) in [6.07, 6.45) is 1.54. The van der Waals surface area contributed by atoms with E-state index >= 15 is 0 Å². The lowest BCUT2D eigenvalue weighted by atomic mass is 10.2. The molecule has 0 spiro atoms. The lowest BCUT2D eigenvalue weighted by molar-refractivity contribution is -0.147. The van der Waals surface area contributed by atoms with Crippen LogP contribution < -0.4 is 5.32 Å². The van der Waals surface area contributed by atoms with Gasteiger partial charge in [0.1, 0.15) is 11.1 Å². The minimum absolute atomic E-state index is 0.0935. The van der Waals surface area contributed by atoms with E-state index in [1.807, 2.05) is 0 Å². The van der Waals surface area contributed by atoms with Gasteiger partial charge in [-0.05, 0) is 34.1 Å². The minimum atomic E-state index is -0.986. The summed E-state index contributed by atoms with van der Waals surface area (Å²) in [6.45, 7) is 10.9. The summed E-state index contributed by atoms with van der Waals surface area (Å²) in [5, 5.41) is 2.60. The summed E-state index contributed by atoms with van der Waals surface area (Å²) >= 11 is 0. The summed E-state index contributed by atoms with van der Waals surface area (Å²) in [4.78, 5) is 23.6. The topological polar surface area (TPSA) is 64.6 Å². The van der Waals surface area contributed by atoms with Crippen LogP contribution in [0.25, 0.3) is 0 Å². The molecule has 1 rings (SSSR count). The van der Waals surface area contributed by atoms with Crippen LogP contribution in [0.3, 0.4) is 0 Å². The van der Waals surface area contributed by atoms with Gasteiger partial charge in [-0.3, -0.25) is 0 Å². The second-order valence-electron chi connectivity index (χ2n) is 5.37. The highest BCUT2D eigenvalue weighted by molar-refractivity contribution is 5.90. The molecule has 1 unspecified atom stereocenters. The molecule has 1 amide bonds. The van der Waals surface area contributed by atoms with Crippen LogP contribution >= 0.6 is 0 Å². The van der Waals surface area contributed by atoms with E-state index in [2.05, 4.69) is 11.9 Å². The smallest absolute Gasteiger partial charge is 0.408 e. The molecule has 0 bridgehead atoms. The highest BCUT2D eigenvalue weighted by Gasteiger charge is 2.61. The van der Waals surface area contributed by atoms with Crippen molar-refractivity contribution in [3.8, 4) is 0 Å². The van der Waals surface area contributed by atoms with Crippen molar-refractivity contribution in [2.45, 2.75) is 45.3 Å². The van der Waals surface area contributed by atoms with Crippen LogP contribution in [-0.4, -0.2) is 29.8 Å². The molecule has 102 valence electrons. The van der Waals surface area contributed by atoms with Crippen LogP contribution in [-0.2, 0) is 14.3 Å². The van der Waals surface area contributed by atoms with Gasteiger partial charge in [0, 0.05) is 5.92 Å². The molecule has 5 heteroatoms. The third-order valence-corrected chi connectivity index (χ3v) is 2.66.